The molecule has 2 aromatic rings. The molecular weight excluding hydrogens is 205 g/mol. The van der Waals surface area contributed by atoms with Crippen LogP contribution in [0.5, 0.6) is 0 Å². The standard InChI is InChI=1S/C12H14FN3/c1-2-15-5-6-16-11-4-3-9(13)7-10(11)14-12(16)8-15/h3-4,7H,2,5-6,8H2,1H3. The van der Waals surface area contributed by atoms with E-state index in [1.165, 1.54) is 12.1 Å². The Bertz CT molecular complexity index is 532. The molecule has 0 fully saturated rings. The minimum atomic E-state index is -0.213. The van der Waals surface area contributed by atoms with E-state index >= 15 is 0 Å². The van der Waals surface area contributed by atoms with Crippen molar-refractivity contribution in [2.45, 2.75) is 20.0 Å². The average Bonchev–Trinajstić information content (AvgIpc) is 2.64. The van der Waals surface area contributed by atoms with Gasteiger partial charge in [0.05, 0.1) is 17.6 Å². The third kappa shape index (κ3) is 1.41. The van der Waals surface area contributed by atoms with Gasteiger partial charge in [0.2, 0.25) is 0 Å². The Morgan fingerprint density at radius 3 is 3.06 bits per heavy atom. The van der Waals surface area contributed by atoms with Gasteiger partial charge in [-0.3, -0.25) is 4.90 Å². The molecule has 0 unspecified atom stereocenters. The third-order valence-corrected chi connectivity index (χ3v) is 3.24. The van der Waals surface area contributed by atoms with Gasteiger partial charge in [0.1, 0.15) is 11.6 Å². The number of aromatic nitrogens is 2. The third-order valence-electron chi connectivity index (χ3n) is 3.24. The van der Waals surface area contributed by atoms with E-state index in [1.807, 2.05) is 6.07 Å². The summed E-state index contributed by atoms with van der Waals surface area (Å²) in [6.45, 7) is 6.06. The molecule has 1 aliphatic heterocycles. The quantitative estimate of drug-likeness (QED) is 0.731. The highest BCUT2D eigenvalue weighted by Crippen LogP contribution is 2.21. The fourth-order valence-corrected chi connectivity index (χ4v) is 2.31. The molecule has 0 saturated carbocycles. The Morgan fingerprint density at radius 1 is 1.38 bits per heavy atom. The summed E-state index contributed by atoms with van der Waals surface area (Å²) >= 11 is 0. The number of rotatable bonds is 1. The van der Waals surface area contributed by atoms with Crippen molar-refractivity contribution in [3.63, 3.8) is 0 Å². The Morgan fingerprint density at radius 2 is 2.25 bits per heavy atom. The number of benzene rings is 1. The van der Waals surface area contributed by atoms with Gasteiger partial charge in [-0.2, -0.15) is 0 Å². The summed E-state index contributed by atoms with van der Waals surface area (Å²) in [5.74, 6) is 0.837. The van der Waals surface area contributed by atoms with Crippen molar-refractivity contribution in [1.29, 1.82) is 0 Å². The van der Waals surface area contributed by atoms with Crippen molar-refractivity contribution in [3.05, 3.63) is 29.8 Å². The Balaban J connectivity index is 2.12. The first-order valence-electron chi connectivity index (χ1n) is 5.65. The molecule has 3 nitrogen and oxygen atoms in total. The van der Waals surface area contributed by atoms with Crippen LogP contribution in [0.1, 0.15) is 12.7 Å². The van der Waals surface area contributed by atoms with Crippen molar-refractivity contribution in [2.24, 2.45) is 0 Å². The molecular formula is C12H14FN3. The predicted octanol–water partition coefficient (Wildman–Crippen LogP) is 2.01. The lowest BCUT2D eigenvalue weighted by Gasteiger charge is -2.26. The molecule has 0 bridgehead atoms. The molecule has 84 valence electrons. The molecule has 4 heteroatoms. The lowest BCUT2D eigenvalue weighted by molar-refractivity contribution is 0.230. The van der Waals surface area contributed by atoms with Crippen LogP contribution in [-0.4, -0.2) is 27.5 Å². The van der Waals surface area contributed by atoms with Crippen LogP contribution in [0.4, 0.5) is 4.39 Å². The Labute approximate surface area is 93.5 Å². The predicted molar refractivity (Wildman–Crippen MR) is 60.6 cm³/mol. The highest BCUT2D eigenvalue weighted by Gasteiger charge is 2.18. The number of hydrogen-bond donors (Lipinski definition) is 0. The van der Waals surface area contributed by atoms with Crippen molar-refractivity contribution in [2.75, 3.05) is 13.1 Å². The minimum Gasteiger partial charge on any atom is -0.326 e. The summed E-state index contributed by atoms with van der Waals surface area (Å²) in [5.41, 5.74) is 1.82. The number of nitrogens with zero attached hydrogens (tertiary/aromatic N) is 3. The summed E-state index contributed by atoms with van der Waals surface area (Å²) in [5, 5.41) is 0. The molecule has 0 amide bonds. The van der Waals surface area contributed by atoms with E-state index in [0.29, 0.717) is 0 Å². The lowest BCUT2D eigenvalue weighted by Crippen LogP contribution is -2.33. The van der Waals surface area contributed by atoms with Gasteiger partial charge in [-0.25, -0.2) is 9.37 Å². The molecule has 3 rings (SSSR count). The molecule has 0 radical (unpaired) electrons. The van der Waals surface area contributed by atoms with Crippen molar-refractivity contribution in [1.82, 2.24) is 14.5 Å². The first-order chi connectivity index (χ1) is 7.78. The molecule has 1 aromatic carbocycles. The second kappa shape index (κ2) is 3.56. The molecule has 2 heterocycles. The minimum absolute atomic E-state index is 0.213. The summed E-state index contributed by atoms with van der Waals surface area (Å²) < 4.78 is 15.3. The van der Waals surface area contributed by atoms with Crippen molar-refractivity contribution < 1.29 is 4.39 Å². The largest absolute Gasteiger partial charge is 0.326 e. The summed E-state index contributed by atoms with van der Waals surface area (Å²) in [6, 6.07) is 4.84. The van der Waals surface area contributed by atoms with Gasteiger partial charge in [0, 0.05) is 19.2 Å². The fourth-order valence-electron chi connectivity index (χ4n) is 2.31. The normalized spacial score (nSPS) is 16.6. The first kappa shape index (κ1) is 9.78. The van der Waals surface area contributed by atoms with Gasteiger partial charge in [0.15, 0.2) is 0 Å². The van der Waals surface area contributed by atoms with E-state index < -0.39 is 0 Å². The SMILES string of the molecule is CCN1CCn2c(nc3cc(F)ccc32)C1. The molecule has 0 saturated heterocycles. The molecule has 1 aliphatic rings. The van der Waals surface area contributed by atoms with E-state index in [0.717, 1.165) is 43.0 Å². The van der Waals surface area contributed by atoms with Crippen LogP contribution in [0.25, 0.3) is 11.0 Å². The number of fused-ring (bicyclic) bond motifs is 3. The number of imidazole rings is 1. The van der Waals surface area contributed by atoms with Crippen LogP contribution in [0, 0.1) is 5.82 Å². The van der Waals surface area contributed by atoms with Crippen LogP contribution in [-0.2, 0) is 13.1 Å². The van der Waals surface area contributed by atoms with Crippen LogP contribution in [0.2, 0.25) is 0 Å². The number of likely N-dealkylation sites (N-methyl/N-ethyl adjacent to an activating group) is 1. The number of halogens is 1. The first-order valence-corrected chi connectivity index (χ1v) is 5.65. The zero-order valence-electron chi connectivity index (χ0n) is 9.28. The van der Waals surface area contributed by atoms with Crippen LogP contribution in [0.3, 0.4) is 0 Å². The monoisotopic (exact) mass is 219 g/mol. The van der Waals surface area contributed by atoms with Gasteiger partial charge in [0.25, 0.3) is 0 Å². The molecule has 16 heavy (non-hydrogen) atoms. The zero-order valence-corrected chi connectivity index (χ0v) is 9.28. The highest BCUT2D eigenvalue weighted by atomic mass is 19.1. The van der Waals surface area contributed by atoms with Crippen molar-refractivity contribution in [3.8, 4) is 0 Å². The lowest BCUT2D eigenvalue weighted by atomic mass is 10.3. The Kier molecular flexibility index (Phi) is 2.17. The summed E-state index contributed by atoms with van der Waals surface area (Å²) in [6.07, 6.45) is 0. The van der Waals surface area contributed by atoms with Crippen LogP contribution in [0.15, 0.2) is 18.2 Å². The topological polar surface area (TPSA) is 21.1 Å². The van der Waals surface area contributed by atoms with E-state index in [-0.39, 0.29) is 5.82 Å². The summed E-state index contributed by atoms with van der Waals surface area (Å²) in [4.78, 5) is 6.84. The smallest absolute Gasteiger partial charge is 0.125 e. The van der Waals surface area contributed by atoms with E-state index in [2.05, 4.69) is 21.4 Å². The molecule has 1 aromatic heterocycles. The molecule has 0 atom stereocenters. The van der Waals surface area contributed by atoms with Gasteiger partial charge >= 0.3 is 0 Å². The second-order valence-corrected chi connectivity index (χ2v) is 4.18. The second-order valence-electron chi connectivity index (χ2n) is 4.18. The Hall–Kier alpha value is -1.42. The van der Waals surface area contributed by atoms with E-state index in [1.54, 1.807) is 0 Å². The van der Waals surface area contributed by atoms with Crippen LogP contribution < -0.4 is 0 Å². The van der Waals surface area contributed by atoms with Gasteiger partial charge in [-0.05, 0) is 18.7 Å². The van der Waals surface area contributed by atoms with Gasteiger partial charge < -0.3 is 4.57 Å². The highest BCUT2D eigenvalue weighted by molar-refractivity contribution is 5.76. The van der Waals surface area contributed by atoms with Crippen LogP contribution >= 0.6 is 0 Å². The summed E-state index contributed by atoms with van der Waals surface area (Å²) in [7, 11) is 0. The van der Waals surface area contributed by atoms with Crippen molar-refractivity contribution >= 4 is 11.0 Å². The number of hydrogen-bond acceptors (Lipinski definition) is 2. The maximum Gasteiger partial charge on any atom is 0.125 e. The molecule has 0 N–H and O–H groups in total. The maximum absolute atomic E-state index is 13.1. The van der Waals surface area contributed by atoms with Gasteiger partial charge in [-0.15, -0.1) is 0 Å². The van der Waals surface area contributed by atoms with E-state index in [9.17, 15) is 4.39 Å². The molecule has 0 aliphatic carbocycles. The average molecular weight is 219 g/mol. The molecule has 0 spiro atoms. The zero-order chi connectivity index (χ0) is 11.1. The fraction of sp³-hybridized carbons (Fsp3) is 0.417. The van der Waals surface area contributed by atoms with E-state index in [4.69, 9.17) is 0 Å². The maximum atomic E-state index is 13.1. The van der Waals surface area contributed by atoms with Gasteiger partial charge in [-0.1, -0.05) is 6.92 Å².